The predicted octanol–water partition coefficient (Wildman–Crippen LogP) is 3.35. The second-order valence-electron chi connectivity index (χ2n) is 5.20. The van der Waals surface area contributed by atoms with Crippen LogP contribution in [0.5, 0.6) is 0 Å². The van der Waals surface area contributed by atoms with Crippen LogP contribution in [0, 0.1) is 5.82 Å². The zero-order chi connectivity index (χ0) is 13.8. The summed E-state index contributed by atoms with van der Waals surface area (Å²) in [6.45, 7) is 1.67. The van der Waals surface area contributed by atoms with Crippen molar-refractivity contribution in [2.24, 2.45) is 0 Å². The van der Waals surface area contributed by atoms with Crippen LogP contribution < -0.4 is 11.1 Å². The number of benzene rings is 1. The van der Waals surface area contributed by atoms with E-state index < -0.39 is 5.82 Å². The van der Waals surface area contributed by atoms with Crippen molar-refractivity contribution < 1.29 is 4.39 Å². The lowest BCUT2D eigenvalue weighted by atomic mass is 10.2. The van der Waals surface area contributed by atoms with E-state index in [4.69, 9.17) is 17.3 Å². The molecule has 0 heterocycles. The second-order valence-corrected chi connectivity index (χ2v) is 5.61. The van der Waals surface area contributed by atoms with E-state index in [-0.39, 0.29) is 5.02 Å². The van der Waals surface area contributed by atoms with E-state index in [1.807, 2.05) is 0 Å². The summed E-state index contributed by atoms with van der Waals surface area (Å²) in [6.07, 6.45) is 5.23. The fourth-order valence-corrected chi connectivity index (χ4v) is 2.78. The first-order chi connectivity index (χ1) is 9.08. The fourth-order valence-electron chi connectivity index (χ4n) is 2.61. The Morgan fingerprint density at radius 1 is 1.42 bits per heavy atom. The highest BCUT2D eigenvalue weighted by Crippen LogP contribution is 2.26. The lowest BCUT2D eigenvalue weighted by Crippen LogP contribution is -2.33. The molecular weight excluding hydrogens is 265 g/mol. The molecule has 0 amide bonds. The van der Waals surface area contributed by atoms with Crippen LogP contribution in [0.25, 0.3) is 0 Å². The van der Waals surface area contributed by atoms with E-state index in [0.29, 0.717) is 17.4 Å². The largest absolute Gasteiger partial charge is 0.397 e. The number of anilines is 2. The molecule has 3 nitrogen and oxygen atoms in total. The molecule has 1 fully saturated rings. The number of nitrogens with two attached hydrogens (primary N) is 1. The topological polar surface area (TPSA) is 41.3 Å². The Kier molecular flexibility index (Phi) is 4.88. The Morgan fingerprint density at radius 3 is 2.79 bits per heavy atom. The third-order valence-electron chi connectivity index (χ3n) is 3.82. The normalized spacial score (nSPS) is 16.2. The summed E-state index contributed by atoms with van der Waals surface area (Å²) >= 11 is 5.67. The molecule has 19 heavy (non-hydrogen) atoms. The van der Waals surface area contributed by atoms with E-state index in [1.165, 1.54) is 37.8 Å². The third kappa shape index (κ3) is 3.74. The van der Waals surface area contributed by atoms with Crippen molar-refractivity contribution >= 4 is 23.0 Å². The number of halogens is 2. The van der Waals surface area contributed by atoms with Gasteiger partial charge in [-0.3, -0.25) is 0 Å². The van der Waals surface area contributed by atoms with Gasteiger partial charge in [-0.25, -0.2) is 4.39 Å². The van der Waals surface area contributed by atoms with Crippen molar-refractivity contribution in [1.29, 1.82) is 0 Å². The van der Waals surface area contributed by atoms with E-state index >= 15 is 0 Å². The van der Waals surface area contributed by atoms with Crippen molar-refractivity contribution in [2.75, 3.05) is 31.2 Å². The monoisotopic (exact) mass is 285 g/mol. The molecule has 0 spiro atoms. The molecule has 1 aromatic carbocycles. The average molecular weight is 286 g/mol. The number of nitrogen functional groups attached to an aromatic ring is 1. The lowest BCUT2D eigenvalue weighted by Gasteiger charge is -2.24. The number of rotatable bonds is 5. The van der Waals surface area contributed by atoms with Crippen LogP contribution in [0.2, 0.25) is 5.02 Å². The molecule has 0 bridgehead atoms. The molecule has 0 aliphatic heterocycles. The zero-order valence-corrected chi connectivity index (χ0v) is 12.0. The molecule has 0 unspecified atom stereocenters. The Labute approximate surface area is 118 Å². The molecule has 1 aliphatic rings. The van der Waals surface area contributed by atoms with Gasteiger partial charge >= 0.3 is 0 Å². The molecule has 1 aliphatic carbocycles. The number of nitrogens with zero attached hydrogens (tertiary/aromatic N) is 1. The summed E-state index contributed by atoms with van der Waals surface area (Å²) < 4.78 is 13.4. The van der Waals surface area contributed by atoms with Crippen molar-refractivity contribution in [1.82, 2.24) is 4.90 Å². The van der Waals surface area contributed by atoms with E-state index in [2.05, 4.69) is 17.3 Å². The van der Waals surface area contributed by atoms with Gasteiger partial charge < -0.3 is 16.0 Å². The van der Waals surface area contributed by atoms with Crippen LogP contribution in [0.4, 0.5) is 15.8 Å². The van der Waals surface area contributed by atoms with Gasteiger partial charge in [-0.05, 0) is 26.0 Å². The molecule has 0 saturated heterocycles. The zero-order valence-electron chi connectivity index (χ0n) is 11.3. The molecule has 1 saturated carbocycles. The minimum atomic E-state index is -0.442. The lowest BCUT2D eigenvalue weighted by molar-refractivity contribution is 0.254. The standard InChI is InChI=1S/C14H21ClFN3/c1-19(10-4-2-3-5-10)7-6-18-14-9-12(16)11(15)8-13(14)17/h8-10,18H,2-7,17H2,1H3. The number of nitrogens with one attached hydrogen (secondary N) is 1. The van der Waals surface area contributed by atoms with Crippen LogP contribution in [0.1, 0.15) is 25.7 Å². The molecule has 1 aromatic rings. The van der Waals surface area contributed by atoms with Gasteiger partial charge in [-0.1, -0.05) is 24.4 Å². The summed E-state index contributed by atoms with van der Waals surface area (Å²) in [5, 5.41) is 3.23. The maximum atomic E-state index is 13.4. The maximum absolute atomic E-state index is 13.4. The highest BCUT2D eigenvalue weighted by molar-refractivity contribution is 6.31. The van der Waals surface area contributed by atoms with Crippen LogP contribution in [0.15, 0.2) is 12.1 Å². The van der Waals surface area contributed by atoms with E-state index in [0.717, 1.165) is 13.1 Å². The minimum Gasteiger partial charge on any atom is -0.397 e. The number of hydrogen-bond donors (Lipinski definition) is 2. The first kappa shape index (κ1) is 14.4. The van der Waals surface area contributed by atoms with Crippen molar-refractivity contribution in [3.63, 3.8) is 0 Å². The Bertz CT molecular complexity index is 433. The minimum absolute atomic E-state index is 0.0612. The van der Waals surface area contributed by atoms with Crippen molar-refractivity contribution in [2.45, 2.75) is 31.7 Å². The summed E-state index contributed by atoms with van der Waals surface area (Å²) in [4.78, 5) is 2.36. The first-order valence-electron chi connectivity index (χ1n) is 6.76. The van der Waals surface area contributed by atoms with Crippen molar-refractivity contribution in [3.05, 3.63) is 23.0 Å². The van der Waals surface area contributed by atoms with Crippen LogP contribution in [-0.2, 0) is 0 Å². The van der Waals surface area contributed by atoms with Gasteiger partial charge in [0.2, 0.25) is 0 Å². The molecule has 2 rings (SSSR count). The molecule has 0 aromatic heterocycles. The molecule has 0 radical (unpaired) electrons. The Balaban J connectivity index is 1.83. The summed E-state index contributed by atoms with van der Waals surface area (Å²) in [6, 6.07) is 3.49. The van der Waals surface area contributed by atoms with Gasteiger partial charge in [0.25, 0.3) is 0 Å². The number of likely N-dealkylation sites (N-methyl/N-ethyl adjacent to an activating group) is 1. The highest BCUT2D eigenvalue weighted by atomic mass is 35.5. The maximum Gasteiger partial charge on any atom is 0.143 e. The summed E-state index contributed by atoms with van der Waals surface area (Å²) in [5.41, 5.74) is 6.90. The van der Waals surface area contributed by atoms with Crippen LogP contribution >= 0.6 is 11.6 Å². The summed E-state index contributed by atoms with van der Waals surface area (Å²) in [7, 11) is 2.14. The Hall–Kier alpha value is -1.00. The molecule has 3 N–H and O–H groups in total. The van der Waals surface area contributed by atoms with E-state index in [9.17, 15) is 4.39 Å². The molecule has 5 heteroatoms. The van der Waals surface area contributed by atoms with Gasteiger partial charge in [0.05, 0.1) is 16.4 Å². The van der Waals surface area contributed by atoms with Gasteiger partial charge in [0, 0.05) is 25.2 Å². The van der Waals surface area contributed by atoms with Gasteiger partial charge in [-0.2, -0.15) is 0 Å². The summed E-state index contributed by atoms with van der Waals surface area (Å²) in [5.74, 6) is -0.442. The average Bonchev–Trinajstić information content (AvgIpc) is 2.89. The van der Waals surface area contributed by atoms with Crippen LogP contribution in [-0.4, -0.2) is 31.1 Å². The first-order valence-corrected chi connectivity index (χ1v) is 7.14. The smallest absolute Gasteiger partial charge is 0.143 e. The fraction of sp³-hybridized carbons (Fsp3) is 0.571. The van der Waals surface area contributed by atoms with Crippen LogP contribution in [0.3, 0.4) is 0 Å². The van der Waals surface area contributed by atoms with Gasteiger partial charge in [-0.15, -0.1) is 0 Å². The molecular formula is C14H21ClFN3. The van der Waals surface area contributed by atoms with Gasteiger partial charge in [0.15, 0.2) is 0 Å². The molecule has 106 valence electrons. The SMILES string of the molecule is CN(CCNc1cc(F)c(Cl)cc1N)C1CCCC1. The van der Waals surface area contributed by atoms with E-state index in [1.54, 1.807) is 0 Å². The third-order valence-corrected chi connectivity index (χ3v) is 4.11. The van der Waals surface area contributed by atoms with Gasteiger partial charge in [0.1, 0.15) is 5.82 Å². The quantitative estimate of drug-likeness (QED) is 0.815. The van der Waals surface area contributed by atoms with Crippen molar-refractivity contribution in [3.8, 4) is 0 Å². The number of hydrogen-bond acceptors (Lipinski definition) is 3. The predicted molar refractivity (Wildman–Crippen MR) is 79.2 cm³/mol. The second kappa shape index (κ2) is 6.44. The Morgan fingerprint density at radius 2 is 2.11 bits per heavy atom. The highest BCUT2D eigenvalue weighted by Gasteiger charge is 2.18. The molecule has 0 atom stereocenters.